The van der Waals surface area contributed by atoms with Gasteiger partial charge in [-0.2, -0.15) is 0 Å². The fourth-order valence-corrected chi connectivity index (χ4v) is 4.29. The zero-order chi connectivity index (χ0) is 21.3. The van der Waals surface area contributed by atoms with Crippen LogP contribution < -0.4 is 9.47 Å². The number of thiazole rings is 1. The predicted octanol–water partition coefficient (Wildman–Crippen LogP) is 2.92. The molecule has 3 rings (SSSR count). The lowest BCUT2D eigenvalue weighted by Crippen LogP contribution is -2.08. The van der Waals surface area contributed by atoms with Crippen LogP contribution in [0.2, 0.25) is 0 Å². The molecule has 0 saturated heterocycles. The van der Waals surface area contributed by atoms with Crippen molar-refractivity contribution < 1.29 is 28.8 Å². The van der Waals surface area contributed by atoms with Crippen LogP contribution in [-0.4, -0.2) is 66.7 Å². The first-order valence-electron chi connectivity index (χ1n) is 8.97. The Morgan fingerprint density at radius 3 is 2.43 bits per heavy atom. The molecule has 0 amide bonds. The van der Waals surface area contributed by atoms with E-state index >= 15 is 0 Å². The van der Waals surface area contributed by atoms with Crippen molar-refractivity contribution in [1.29, 1.82) is 0 Å². The molecule has 0 fully saturated rings. The first-order chi connectivity index (χ1) is 14.6. The van der Waals surface area contributed by atoms with Crippen LogP contribution in [0.1, 0.15) is 5.69 Å². The largest absolute Gasteiger partial charge is 0.487 e. The minimum atomic E-state index is -0.914. The Balaban J connectivity index is 1.90. The van der Waals surface area contributed by atoms with E-state index in [1.165, 1.54) is 29.4 Å². The van der Waals surface area contributed by atoms with Gasteiger partial charge in [0.1, 0.15) is 24.6 Å². The van der Waals surface area contributed by atoms with Crippen molar-refractivity contribution in [2.24, 2.45) is 0 Å². The highest BCUT2D eigenvalue weighted by Gasteiger charge is 2.15. The minimum absolute atomic E-state index is 0.110. The molecule has 0 saturated carbocycles. The average Bonchev–Trinajstić information content (AvgIpc) is 3.15. The van der Waals surface area contributed by atoms with Crippen molar-refractivity contribution in [3.63, 3.8) is 0 Å². The van der Waals surface area contributed by atoms with Gasteiger partial charge >= 0.3 is 5.97 Å². The Morgan fingerprint density at radius 2 is 1.77 bits per heavy atom. The van der Waals surface area contributed by atoms with Crippen LogP contribution in [0.4, 0.5) is 0 Å². The summed E-state index contributed by atoms with van der Waals surface area (Å²) in [6.07, 6.45) is 1.36. The number of hydrogen-bond donors (Lipinski definition) is 1. The Kier molecular flexibility index (Phi) is 8.20. The van der Waals surface area contributed by atoms with Gasteiger partial charge in [0.15, 0.2) is 15.8 Å². The third-order valence-corrected chi connectivity index (χ3v) is 5.81. The van der Waals surface area contributed by atoms with Crippen LogP contribution in [-0.2, 0) is 20.7 Å². The molecule has 160 valence electrons. The van der Waals surface area contributed by atoms with E-state index in [-0.39, 0.29) is 6.42 Å². The van der Waals surface area contributed by atoms with Crippen molar-refractivity contribution in [3.8, 4) is 11.5 Å². The van der Waals surface area contributed by atoms with E-state index in [4.69, 9.17) is 24.1 Å². The molecule has 2 aromatic heterocycles. The molecule has 30 heavy (non-hydrogen) atoms. The lowest BCUT2D eigenvalue weighted by molar-refractivity contribution is -0.136. The number of aliphatic carboxylic acids is 1. The maximum absolute atomic E-state index is 10.9. The number of methoxy groups -OCH3 is 2. The maximum Gasteiger partial charge on any atom is 0.309 e. The van der Waals surface area contributed by atoms with E-state index < -0.39 is 5.97 Å². The number of hydrogen-bond acceptors (Lipinski definition) is 10. The number of carbonyl (C=O) groups is 1. The third kappa shape index (κ3) is 6.02. The molecule has 0 bridgehead atoms. The molecule has 0 aliphatic rings. The fourth-order valence-electron chi connectivity index (χ4n) is 2.47. The van der Waals surface area contributed by atoms with Crippen molar-refractivity contribution >= 4 is 40.0 Å². The number of rotatable bonds is 12. The topological polar surface area (TPSA) is 113 Å². The Hall–Kier alpha value is -2.47. The number of fused-ring (bicyclic) bond motifs is 1. The van der Waals surface area contributed by atoms with Gasteiger partial charge < -0.3 is 24.1 Å². The van der Waals surface area contributed by atoms with Crippen LogP contribution in [0.15, 0.2) is 33.2 Å². The molecule has 0 radical (unpaired) electrons. The molecule has 0 aliphatic heterocycles. The Morgan fingerprint density at radius 1 is 1.07 bits per heavy atom. The van der Waals surface area contributed by atoms with E-state index in [0.717, 1.165) is 5.39 Å². The number of aromatic nitrogens is 3. The normalized spacial score (nSPS) is 11.0. The van der Waals surface area contributed by atoms with Crippen LogP contribution in [0.5, 0.6) is 11.5 Å². The van der Waals surface area contributed by atoms with E-state index in [9.17, 15) is 4.79 Å². The highest BCUT2D eigenvalue weighted by atomic mass is 32.2. The molecule has 9 nitrogen and oxygen atoms in total. The predicted molar refractivity (Wildman–Crippen MR) is 112 cm³/mol. The van der Waals surface area contributed by atoms with E-state index in [1.807, 2.05) is 6.07 Å². The molecule has 1 aromatic carbocycles. The smallest absolute Gasteiger partial charge is 0.309 e. The summed E-state index contributed by atoms with van der Waals surface area (Å²) in [4.78, 5) is 24.0. The van der Waals surface area contributed by atoms with Crippen LogP contribution >= 0.6 is 23.1 Å². The van der Waals surface area contributed by atoms with E-state index in [1.54, 1.807) is 25.7 Å². The van der Waals surface area contributed by atoms with Crippen molar-refractivity contribution in [3.05, 3.63) is 29.5 Å². The summed E-state index contributed by atoms with van der Waals surface area (Å²) in [5.74, 6) is 0.199. The second kappa shape index (κ2) is 11.1. The first kappa shape index (κ1) is 22.2. The van der Waals surface area contributed by atoms with Crippen LogP contribution in [0.25, 0.3) is 10.9 Å². The SMILES string of the molecule is COCCOc1cc2ncnc(Sc3nc(CC(=O)O)cs3)c2cc1OCCOC. The molecule has 0 atom stereocenters. The van der Waals surface area contributed by atoms with Crippen LogP contribution in [0, 0.1) is 0 Å². The highest BCUT2D eigenvalue weighted by molar-refractivity contribution is 8.01. The summed E-state index contributed by atoms with van der Waals surface area (Å²) in [6.45, 7) is 1.63. The van der Waals surface area contributed by atoms with Crippen molar-refractivity contribution in [2.45, 2.75) is 15.8 Å². The molecule has 2 heterocycles. The molecular formula is C19H21N3O6S2. The third-order valence-electron chi connectivity index (χ3n) is 3.80. The van der Waals surface area contributed by atoms with Gasteiger partial charge in [0.05, 0.1) is 30.8 Å². The summed E-state index contributed by atoms with van der Waals surface area (Å²) >= 11 is 2.73. The van der Waals surface area contributed by atoms with Gasteiger partial charge in [-0.1, -0.05) is 0 Å². The summed E-state index contributed by atoms with van der Waals surface area (Å²) in [5, 5.41) is 12.1. The standard InChI is InChI=1S/C19H21N3O6S2/c1-25-3-5-27-15-8-13-14(9-16(15)28-6-4-26-2)20-11-21-18(13)30-19-22-12(10-29-19)7-17(23)24/h8-11H,3-7H2,1-2H3,(H,23,24). The Bertz CT molecular complexity index is 998. The van der Waals surface area contributed by atoms with Gasteiger partial charge in [-0.05, 0) is 17.8 Å². The van der Waals surface area contributed by atoms with Crippen molar-refractivity contribution in [1.82, 2.24) is 15.0 Å². The maximum atomic E-state index is 10.9. The molecular weight excluding hydrogens is 430 g/mol. The summed E-state index contributed by atoms with van der Waals surface area (Å²) in [6, 6.07) is 3.64. The van der Waals surface area contributed by atoms with Gasteiger partial charge in [0.25, 0.3) is 0 Å². The quantitative estimate of drug-likeness (QED) is 0.326. The van der Waals surface area contributed by atoms with E-state index in [2.05, 4.69) is 15.0 Å². The molecule has 0 unspecified atom stereocenters. The van der Waals surface area contributed by atoms with Gasteiger partial charge in [-0.25, -0.2) is 15.0 Å². The van der Waals surface area contributed by atoms with Gasteiger partial charge in [-0.3, -0.25) is 4.79 Å². The summed E-state index contributed by atoms with van der Waals surface area (Å²) in [7, 11) is 3.21. The van der Waals surface area contributed by atoms with E-state index in [0.29, 0.717) is 58.5 Å². The zero-order valence-corrected chi connectivity index (χ0v) is 18.1. The van der Waals surface area contributed by atoms with Gasteiger partial charge in [-0.15, -0.1) is 11.3 Å². The molecule has 11 heteroatoms. The minimum Gasteiger partial charge on any atom is -0.487 e. The van der Waals surface area contributed by atoms with Gasteiger partial charge in [0, 0.05) is 31.1 Å². The fraction of sp³-hybridized carbons (Fsp3) is 0.368. The second-order valence-electron chi connectivity index (χ2n) is 5.95. The molecule has 0 aliphatic carbocycles. The monoisotopic (exact) mass is 451 g/mol. The number of ether oxygens (including phenoxy) is 4. The average molecular weight is 452 g/mol. The van der Waals surface area contributed by atoms with Crippen molar-refractivity contribution in [2.75, 3.05) is 40.6 Å². The number of nitrogens with zero attached hydrogens (tertiary/aromatic N) is 3. The molecule has 3 aromatic rings. The lowest BCUT2D eigenvalue weighted by Gasteiger charge is -2.14. The highest BCUT2D eigenvalue weighted by Crippen LogP contribution is 2.38. The summed E-state index contributed by atoms with van der Waals surface area (Å²) in [5.41, 5.74) is 1.21. The molecule has 1 N–H and O–H groups in total. The molecule has 0 spiro atoms. The summed E-state index contributed by atoms with van der Waals surface area (Å²) < 4.78 is 22.4. The number of carboxylic acid groups (broad SMARTS) is 1. The first-order valence-corrected chi connectivity index (χ1v) is 10.7. The lowest BCUT2D eigenvalue weighted by atomic mass is 10.2. The van der Waals surface area contributed by atoms with Crippen LogP contribution in [0.3, 0.4) is 0 Å². The number of benzene rings is 1. The number of carboxylic acids is 1. The Labute approximate surface area is 181 Å². The second-order valence-corrected chi connectivity index (χ2v) is 8.05. The van der Waals surface area contributed by atoms with Gasteiger partial charge in [0.2, 0.25) is 0 Å². The zero-order valence-electron chi connectivity index (χ0n) is 16.5.